The lowest BCUT2D eigenvalue weighted by Crippen LogP contribution is -2.26. The number of carbonyl (C=O) groups excluding carboxylic acids is 1. The number of esters is 1. The summed E-state index contributed by atoms with van der Waals surface area (Å²) in [5.41, 5.74) is 2.75. The standard InChI is InChI=1S/C22H33NO3.ClH/c1-25-22(24)11-6-17-4-9-21(10-5-17)26-16-18-2-7-19(8-3-18)20-12-14-23-15-13-20;/h2-3,7-8,17,20-21,23H,4-6,9-16H2,1H3;1H/t17-,21-;. The van der Waals surface area contributed by atoms with Crippen molar-refractivity contribution >= 4 is 18.4 Å². The smallest absolute Gasteiger partial charge is 0.305 e. The van der Waals surface area contributed by atoms with Crippen molar-refractivity contribution in [3.8, 4) is 0 Å². The fourth-order valence-corrected chi connectivity index (χ4v) is 4.27. The van der Waals surface area contributed by atoms with E-state index in [1.807, 2.05) is 0 Å². The number of ether oxygens (including phenoxy) is 2. The van der Waals surface area contributed by atoms with E-state index < -0.39 is 0 Å². The zero-order valence-corrected chi connectivity index (χ0v) is 17.3. The molecule has 0 radical (unpaired) electrons. The van der Waals surface area contributed by atoms with Crippen molar-refractivity contribution in [3.05, 3.63) is 35.4 Å². The van der Waals surface area contributed by atoms with Crippen LogP contribution in [0.4, 0.5) is 0 Å². The highest BCUT2D eigenvalue weighted by atomic mass is 35.5. The summed E-state index contributed by atoms with van der Waals surface area (Å²) < 4.78 is 10.9. The Morgan fingerprint density at radius 3 is 2.33 bits per heavy atom. The van der Waals surface area contributed by atoms with E-state index in [0.717, 1.165) is 45.2 Å². The van der Waals surface area contributed by atoms with E-state index in [0.29, 0.717) is 31.0 Å². The van der Waals surface area contributed by atoms with Gasteiger partial charge >= 0.3 is 5.97 Å². The summed E-state index contributed by atoms with van der Waals surface area (Å²) in [7, 11) is 1.46. The molecule has 0 atom stereocenters. The zero-order chi connectivity index (χ0) is 18.2. The van der Waals surface area contributed by atoms with Crippen LogP contribution in [0.15, 0.2) is 24.3 Å². The third kappa shape index (κ3) is 7.10. The third-order valence-corrected chi connectivity index (χ3v) is 6.05. The Labute approximate surface area is 169 Å². The van der Waals surface area contributed by atoms with Crippen LogP contribution in [0.3, 0.4) is 0 Å². The zero-order valence-electron chi connectivity index (χ0n) is 16.5. The highest BCUT2D eigenvalue weighted by Gasteiger charge is 2.22. The summed E-state index contributed by atoms with van der Waals surface area (Å²) in [4.78, 5) is 11.3. The first-order valence-electron chi connectivity index (χ1n) is 10.2. The molecule has 1 saturated heterocycles. The molecule has 3 rings (SSSR count). The van der Waals surface area contributed by atoms with E-state index >= 15 is 0 Å². The van der Waals surface area contributed by atoms with Gasteiger partial charge in [-0.1, -0.05) is 24.3 Å². The summed E-state index contributed by atoms with van der Waals surface area (Å²) in [5, 5.41) is 3.43. The molecule has 1 aliphatic carbocycles. The molecule has 0 spiro atoms. The summed E-state index contributed by atoms with van der Waals surface area (Å²) >= 11 is 0. The maximum Gasteiger partial charge on any atom is 0.305 e. The number of nitrogens with one attached hydrogen (secondary N) is 1. The lowest BCUT2D eigenvalue weighted by atomic mass is 9.84. The van der Waals surface area contributed by atoms with Gasteiger partial charge in [0.2, 0.25) is 0 Å². The highest BCUT2D eigenvalue weighted by Crippen LogP contribution is 2.30. The van der Waals surface area contributed by atoms with Gasteiger partial charge in [0.25, 0.3) is 0 Å². The Balaban J connectivity index is 0.00000261. The Morgan fingerprint density at radius 1 is 1.04 bits per heavy atom. The van der Waals surface area contributed by atoms with Crippen LogP contribution in [0, 0.1) is 5.92 Å². The largest absolute Gasteiger partial charge is 0.469 e. The first-order chi connectivity index (χ1) is 12.7. The molecule has 5 heteroatoms. The van der Waals surface area contributed by atoms with Crippen molar-refractivity contribution in [2.75, 3.05) is 20.2 Å². The minimum Gasteiger partial charge on any atom is -0.469 e. The van der Waals surface area contributed by atoms with Gasteiger partial charge in [-0.25, -0.2) is 0 Å². The highest BCUT2D eigenvalue weighted by molar-refractivity contribution is 5.85. The van der Waals surface area contributed by atoms with Crippen molar-refractivity contribution in [2.45, 2.75) is 70.0 Å². The van der Waals surface area contributed by atoms with Crippen LogP contribution >= 0.6 is 12.4 Å². The third-order valence-electron chi connectivity index (χ3n) is 6.05. The van der Waals surface area contributed by atoms with Gasteiger partial charge in [0, 0.05) is 6.42 Å². The molecule has 2 fully saturated rings. The van der Waals surface area contributed by atoms with Gasteiger partial charge in [0.15, 0.2) is 0 Å². The van der Waals surface area contributed by atoms with E-state index in [2.05, 4.69) is 29.6 Å². The number of hydrogen-bond acceptors (Lipinski definition) is 4. The van der Waals surface area contributed by atoms with Crippen LogP contribution in [0.5, 0.6) is 0 Å². The molecule has 1 N–H and O–H groups in total. The average molecular weight is 396 g/mol. The summed E-state index contributed by atoms with van der Waals surface area (Å²) in [6.45, 7) is 2.99. The Kier molecular flexibility index (Phi) is 9.60. The normalized spacial score (nSPS) is 23.4. The lowest BCUT2D eigenvalue weighted by Gasteiger charge is -2.28. The van der Waals surface area contributed by atoms with Crippen LogP contribution in [0.1, 0.15) is 68.4 Å². The molecule has 27 heavy (non-hydrogen) atoms. The van der Waals surface area contributed by atoms with E-state index in [9.17, 15) is 4.79 Å². The number of piperidine rings is 1. The van der Waals surface area contributed by atoms with Crippen molar-refractivity contribution in [3.63, 3.8) is 0 Å². The van der Waals surface area contributed by atoms with E-state index in [4.69, 9.17) is 9.47 Å². The molecular weight excluding hydrogens is 362 g/mol. The molecule has 2 aliphatic rings. The van der Waals surface area contributed by atoms with Crippen LogP contribution in [0.25, 0.3) is 0 Å². The van der Waals surface area contributed by atoms with Crippen molar-refractivity contribution in [1.82, 2.24) is 5.32 Å². The SMILES string of the molecule is COC(=O)CC[C@H]1CC[C@H](OCc2ccc(C3CCNCC3)cc2)CC1.Cl. The molecule has 1 aliphatic heterocycles. The minimum atomic E-state index is -0.0867. The molecule has 0 bridgehead atoms. The Bertz CT molecular complexity index is 549. The number of rotatable bonds is 7. The van der Waals surface area contributed by atoms with E-state index in [-0.39, 0.29) is 18.4 Å². The average Bonchev–Trinajstić information content (AvgIpc) is 2.72. The molecule has 1 aromatic carbocycles. The van der Waals surface area contributed by atoms with Crippen molar-refractivity contribution in [1.29, 1.82) is 0 Å². The van der Waals surface area contributed by atoms with Gasteiger partial charge in [-0.15, -0.1) is 12.4 Å². The molecule has 1 saturated carbocycles. The van der Waals surface area contributed by atoms with Crippen molar-refractivity contribution < 1.29 is 14.3 Å². The topological polar surface area (TPSA) is 47.6 Å². The summed E-state index contributed by atoms with van der Waals surface area (Å²) in [6.07, 6.45) is 8.91. The number of benzene rings is 1. The molecule has 0 aromatic heterocycles. The second-order valence-electron chi connectivity index (χ2n) is 7.83. The number of carbonyl (C=O) groups is 1. The van der Waals surface area contributed by atoms with Gasteiger partial charge in [0.05, 0.1) is 19.8 Å². The molecule has 0 unspecified atom stereocenters. The Hall–Kier alpha value is -1.10. The number of methoxy groups -OCH3 is 1. The fraction of sp³-hybridized carbons (Fsp3) is 0.682. The first-order valence-corrected chi connectivity index (χ1v) is 10.2. The summed E-state index contributed by atoms with van der Waals surface area (Å²) in [6, 6.07) is 9.05. The monoisotopic (exact) mass is 395 g/mol. The molecule has 4 nitrogen and oxygen atoms in total. The van der Waals surface area contributed by atoms with Gasteiger partial charge in [-0.3, -0.25) is 4.79 Å². The maximum atomic E-state index is 11.3. The lowest BCUT2D eigenvalue weighted by molar-refractivity contribution is -0.141. The molecule has 152 valence electrons. The van der Waals surface area contributed by atoms with Gasteiger partial charge in [-0.2, -0.15) is 0 Å². The predicted molar refractivity (Wildman–Crippen MR) is 110 cm³/mol. The van der Waals surface area contributed by atoms with Crippen LogP contribution in [-0.4, -0.2) is 32.3 Å². The van der Waals surface area contributed by atoms with E-state index in [1.165, 1.54) is 31.1 Å². The fourth-order valence-electron chi connectivity index (χ4n) is 4.27. The van der Waals surface area contributed by atoms with Gasteiger partial charge in [0.1, 0.15) is 0 Å². The minimum absolute atomic E-state index is 0. The quantitative estimate of drug-likeness (QED) is 0.685. The molecule has 1 aromatic rings. The number of halogens is 1. The van der Waals surface area contributed by atoms with Crippen LogP contribution in [-0.2, 0) is 20.9 Å². The second-order valence-corrected chi connectivity index (χ2v) is 7.83. The second kappa shape index (κ2) is 11.7. The Morgan fingerprint density at radius 2 is 1.70 bits per heavy atom. The first kappa shape index (κ1) is 22.2. The molecular formula is C22H34ClNO3. The molecule has 0 amide bonds. The van der Waals surface area contributed by atoms with Crippen molar-refractivity contribution in [2.24, 2.45) is 5.92 Å². The predicted octanol–water partition coefficient (Wildman–Crippen LogP) is 4.60. The van der Waals surface area contributed by atoms with Crippen LogP contribution in [0.2, 0.25) is 0 Å². The van der Waals surface area contributed by atoms with E-state index in [1.54, 1.807) is 0 Å². The maximum absolute atomic E-state index is 11.3. The number of hydrogen-bond donors (Lipinski definition) is 1. The summed E-state index contributed by atoms with van der Waals surface area (Å²) in [5.74, 6) is 1.28. The van der Waals surface area contributed by atoms with Gasteiger partial charge in [-0.05, 0) is 81.0 Å². The van der Waals surface area contributed by atoms with Crippen LogP contribution < -0.4 is 5.32 Å². The van der Waals surface area contributed by atoms with Gasteiger partial charge < -0.3 is 14.8 Å². The molecule has 1 heterocycles.